The standard InChI is InChI=1S/C12H19N3O2/c1-10(4-3-9-13-2)14-11-5-7-12(8-6-11)15(16)17/h5-8,10,13-14H,3-4,9H2,1-2H3. The highest BCUT2D eigenvalue weighted by atomic mass is 16.6. The van der Waals surface area contributed by atoms with Gasteiger partial charge in [-0.1, -0.05) is 0 Å². The number of non-ortho nitro benzene ring substituents is 1. The summed E-state index contributed by atoms with van der Waals surface area (Å²) < 4.78 is 0. The van der Waals surface area contributed by atoms with Crippen molar-refractivity contribution in [3.8, 4) is 0 Å². The number of nitrogens with one attached hydrogen (secondary N) is 2. The molecule has 0 saturated heterocycles. The molecule has 0 spiro atoms. The third-order valence-corrected chi connectivity index (χ3v) is 2.56. The van der Waals surface area contributed by atoms with Crippen LogP contribution in [0.15, 0.2) is 24.3 Å². The van der Waals surface area contributed by atoms with Crippen LogP contribution in [0.1, 0.15) is 19.8 Å². The third-order valence-electron chi connectivity index (χ3n) is 2.56. The molecule has 0 heterocycles. The Morgan fingerprint density at radius 2 is 2.00 bits per heavy atom. The summed E-state index contributed by atoms with van der Waals surface area (Å²) in [4.78, 5) is 10.1. The lowest BCUT2D eigenvalue weighted by atomic mass is 10.1. The van der Waals surface area contributed by atoms with Crippen molar-refractivity contribution in [1.29, 1.82) is 0 Å². The first-order valence-electron chi connectivity index (χ1n) is 5.79. The van der Waals surface area contributed by atoms with E-state index in [4.69, 9.17) is 0 Å². The van der Waals surface area contributed by atoms with E-state index < -0.39 is 0 Å². The van der Waals surface area contributed by atoms with E-state index in [1.54, 1.807) is 12.1 Å². The Balaban J connectivity index is 2.43. The van der Waals surface area contributed by atoms with Crippen molar-refractivity contribution in [2.75, 3.05) is 18.9 Å². The fourth-order valence-corrected chi connectivity index (χ4v) is 1.62. The molecular formula is C12H19N3O2. The number of nitro groups is 1. The van der Waals surface area contributed by atoms with Crippen molar-refractivity contribution in [3.05, 3.63) is 34.4 Å². The van der Waals surface area contributed by atoms with Crippen LogP contribution < -0.4 is 10.6 Å². The minimum absolute atomic E-state index is 0.124. The van der Waals surface area contributed by atoms with Crippen molar-refractivity contribution in [3.63, 3.8) is 0 Å². The number of nitrogens with zero attached hydrogens (tertiary/aromatic N) is 1. The predicted molar refractivity (Wildman–Crippen MR) is 69.3 cm³/mol. The molecule has 0 fully saturated rings. The fourth-order valence-electron chi connectivity index (χ4n) is 1.62. The van der Waals surface area contributed by atoms with Crippen LogP contribution in [0, 0.1) is 10.1 Å². The molecule has 1 atom stereocenters. The van der Waals surface area contributed by atoms with Gasteiger partial charge in [0.25, 0.3) is 5.69 Å². The lowest BCUT2D eigenvalue weighted by Gasteiger charge is -2.14. The summed E-state index contributed by atoms with van der Waals surface area (Å²) in [5.41, 5.74) is 1.05. The van der Waals surface area contributed by atoms with Crippen LogP contribution in [0.5, 0.6) is 0 Å². The van der Waals surface area contributed by atoms with Gasteiger partial charge in [0.15, 0.2) is 0 Å². The van der Waals surface area contributed by atoms with Gasteiger partial charge in [0.1, 0.15) is 0 Å². The first-order chi connectivity index (χ1) is 8.13. The third kappa shape index (κ3) is 4.82. The Hall–Kier alpha value is -1.62. The zero-order valence-corrected chi connectivity index (χ0v) is 10.3. The van der Waals surface area contributed by atoms with E-state index in [1.807, 2.05) is 7.05 Å². The van der Waals surface area contributed by atoms with E-state index in [9.17, 15) is 10.1 Å². The molecule has 2 N–H and O–H groups in total. The van der Waals surface area contributed by atoms with E-state index in [1.165, 1.54) is 12.1 Å². The summed E-state index contributed by atoms with van der Waals surface area (Å²) in [6.07, 6.45) is 2.18. The summed E-state index contributed by atoms with van der Waals surface area (Å²) in [6.45, 7) is 3.11. The lowest BCUT2D eigenvalue weighted by Crippen LogP contribution is -2.17. The van der Waals surface area contributed by atoms with Gasteiger partial charge in [-0.05, 0) is 45.5 Å². The van der Waals surface area contributed by atoms with Crippen LogP contribution in [0.4, 0.5) is 11.4 Å². The maximum atomic E-state index is 10.5. The van der Waals surface area contributed by atoms with Gasteiger partial charge >= 0.3 is 0 Å². The van der Waals surface area contributed by atoms with Crippen molar-refractivity contribution < 1.29 is 4.92 Å². The number of rotatable bonds is 7. The van der Waals surface area contributed by atoms with Gasteiger partial charge in [-0.15, -0.1) is 0 Å². The molecule has 0 radical (unpaired) electrons. The van der Waals surface area contributed by atoms with Crippen LogP contribution in [0.25, 0.3) is 0 Å². The molecule has 94 valence electrons. The summed E-state index contributed by atoms with van der Waals surface area (Å²) in [7, 11) is 1.94. The first kappa shape index (κ1) is 13.4. The highest BCUT2D eigenvalue weighted by Crippen LogP contribution is 2.16. The van der Waals surface area contributed by atoms with Gasteiger partial charge in [0.05, 0.1) is 4.92 Å². The normalized spacial score (nSPS) is 12.1. The predicted octanol–water partition coefficient (Wildman–Crippen LogP) is 2.39. The first-order valence-corrected chi connectivity index (χ1v) is 5.79. The quantitative estimate of drug-likeness (QED) is 0.434. The number of hydrogen-bond donors (Lipinski definition) is 2. The largest absolute Gasteiger partial charge is 0.383 e. The second-order valence-corrected chi connectivity index (χ2v) is 4.10. The molecule has 0 aromatic heterocycles. The Labute approximate surface area is 101 Å². The van der Waals surface area contributed by atoms with Crippen molar-refractivity contribution in [2.24, 2.45) is 0 Å². The van der Waals surface area contributed by atoms with Crippen LogP contribution in [-0.2, 0) is 0 Å². The summed E-state index contributed by atoms with van der Waals surface area (Å²) in [6, 6.07) is 6.88. The minimum atomic E-state index is -0.389. The number of benzene rings is 1. The highest BCUT2D eigenvalue weighted by Gasteiger charge is 2.05. The van der Waals surface area contributed by atoms with Gasteiger partial charge in [-0.3, -0.25) is 10.1 Å². The summed E-state index contributed by atoms with van der Waals surface area (Å²) in [5, 5.41) is 16.9. The van der Waals surface area contributed by atoms with Crippen LogP contribution in [0.2, 0.25) is 0 Å². The topological polar surface area (TPSA) is 67.2 Å². The van der Waals surface area contributed by atoms with Crippen LogP contribution >= 0.6 is 0 Å². The zero-order chi connectivity index (χ0) is 12.7. The molecule has 1 unspecified atom stereocenters. The molecule has 0 aliphatic carbocycles. The van der Waals surface area contributed by atoms with Gasteiger partial charge in [-0.2, -0.15) is 0 Å². The Morgan fingerprint density at radius 3 is 2.53 bits per heavy atom. The average molecular weight is 237 g/mol. The highest BCUT2D eigenvalue weighted by molar-refractivity contribution is 5.48. The monoisotopic (exact) mass is 237 g/mol. The smallest absolute Gasteiger partial charge is 0.269 e. The molecule has 17 heavy (non-hydrogen) atoms. The molecule has 5 nitrogen and oxygen atoms in total. The van der Waals surface area contributed by atoms with Gasteiger partial charge in [0, 0.05) is 23.9 Å². The Bertz CT molecular complexity index is 351. The van der Waals surface area contributed by atoms with Crippen LogP contribution in [0.3, 0.4) is 0 Å². The van der Waals surface area contributed by atoms with Crippen molar-refractivity contribution in [1.82, 2.24) is 5.32 Å². The maximum absolute atomic E-state index is 10.5. The van der Waals surface area contributed by atoms with Gasteiger partial charge in [-0.25, -0.2) is 0 Å². The molecule has 1 rings (SSSR count). The fraction of sp³-hybridized carbons (Fsp3) is 0.500. The molecule has 0 amide bonds. The SMILES string of the molecule is CNCCCC(C)Nc1ccc([N+](=O)[O-])cc1. The number of hydrogen-bond acceptors (Lipinski definition) is 4. The molecular weight excluding hydrogens is 218 g/mol. The maximum Gasteiger partial charge on any atom is 0.269 e. The molecule has 0 bridgehead atoms. The molecule has 0 aliphatic heterocycles. The van der Waals surface area contributed by atoms with E-state index in [2.05, 4.69) is 17.6 Å². The second kappa shape index (κ2) is 6.85. The van der Waals surface area contributed by atoms with Gasteiger partial charge < -0.3 is 10.6 Å². The number of anilines is 1. The molecule has 5 heteroatoms. The summed E-state index contributed by atoms with van der Waals surface area (Å²) >= 11 is 0. The Morgan fingerprint density at radius 1 is 1.35 bits per heavy atom. The number of nitro benzene ring substituents is 1. The van der Waals surface area contributed by atoms with E-state index >= 15 is 0 Å². The van der Waals surface area contributed by atoms with E-state index in [0.29, 0.717) is 6.04 Å². The molecule has 1 aromatic rings. The molecule has 0 aliphatic rings. The molecule has 1 aromatic carbocycles. The van der Waals surface area contributed by atoms with Crippen molar-refractivity contribution >= 4 is 11.4 Å². The Kier molecular flexibility index (Phi) is 5.42. The van der Waals surface area contributed by atoms with Gasteiger partial charge in [0.2, 0.25) is 0 Å². The van der Waals surface area contributed by atoms with Crippen LogP contribution in [-0.4, -0.2) is 24.6 Å². The van der Waals surface area contributed by atoms with E-state index in [0.717, 1.165) is 25.1 Å². The zero-order valence-electron chi connectivity index (χ0n) is 10.3. The van der Waals surface area contributed by atoms with Crippen molar-refractivity contribution in [2.45, 2.75) is 25.8 Å². The molecule has 0 saturated carbocycles. The lowest BCUT2D eigenvalue weighted by molar-refractivity contribution is -0.384. The van der Waals surface area contributed by atoms with E-state index in [-0.39, 0.29) is 10.6 Å². The minimum Gasteiger partial charge on any atom is -0.383 e. The average Bonchev–Trinajstić information content (AvgIpc) is 2.30. The summed E-state index contributed by atoms with van der Waals surface area (Å²) in [5.74, 6) is 0. The second-order valence-electron chi connectivity index (χ2n) is 4.10.